The average molecular weight is 162 g/mol. The fourth-order valence-electron chi connectivity index (χ4n) is 0.590. The molecule has 0 saturated heterocycles. The van der Waals surface area contributed by atoms with Gasteiger partial charge in [-0.2, -0.15) is 9.36 Å². The monoisotopic (exact) mass is 162 g/mol. The smallest absolute Gasteiger partial charge is 0.363 e. The predicted molar refractivity (Wildman–Crippen MR) is 37.0 cm³/mol. The number of rotatable bonds is 3. The Bertz CT molecular complexity index is 406. The summed E-state index contributed by atoms with van der Waals surface area (Å²) in [4.78, 5) is 11.4. The summed E-state index contributed by atoms with van der Waals surface area (Å²) in [6.07, 6.45) is 0. The van der Waals surface area contributed by atoms with Crippen LogP contribution in [-0.2, 0) is 13.0 Å². The number of nitrogens with zero attached hydrogens (tertiary/aromatic N) is 4. The summed E-state index contributed by atoms with van der Waals surface area (Å²) in [5.74, 6) is 0. The molecule has 0 unspecified atom stereocenters. The fraction of sp³-hybridized carbons (Fsp3) is 0.800. The minimum Gasteiger partial charge on any atom is -0.394 e. The largest absolute Gasteiger partial charge is 0.394 e. The lowest BCUT2D eigenvalue weighted by molar-refractivity contribution is 0.266. The quantitative estimate of drug-likeness (QED) is 0.584. The third-order valence-electron chi connectivity index (χ3n) is 1.09. The van der Waals surface area contributed by atoms with Gasteiger partial charge in [-0.15, -0.1) is 0 Å². The molecule has 6 heteroatoms. The van der Waals surface area contributed by atoms with Crippen LogP contribution in [0.2, 0.25) is 0 Å². The molecule has 0 amide bonds. The summed E-state index contributed by atoms with van der Waals surface area (Å²) in [7, 11) is 0. The van der Waals surface area contributed by atoms with Crippen LogP contribution in [0.4, 0.5) is 0 Å². The van der Waals surface area contributed by atoms with Gasteiger partial charge in [0.15, 0.2) is 0 Å². The highest BCUT2D eigenvalue weighted by atomic mass is 16.3. The van der Waals surface area contributed by atoms with E-state index in [1.54, 1.807) is 6.92 Å². The van der Waals surface area contributed by atoms with E-state index in [0.717, 1.165) is 4.68 Å². The maximum Gasteiger partial charge on any atom is 0.363 e. The molecule has 1 heterocycles. The molecule has 0 fully saturated rings. The normalized spacial score (nSPS) is 18.4. The van der Waals surface area contributed by atoms with Crippen molar-refractivity contribution in [3.05, 3.63) is 10.5 Å². The number of aromatic nitrogens is 4. The Morgan fingerprint density at radius 3 is 2.73 bits per heavy atom. The second-order valence-electron chi connectivity index (χ2n) is 1.71. The van der Waals surface area contributed by atoms with E-state index in [9.17, 15) is 4.79 Å². The molecule has 6 nitrogen and oxygen atoms in total. The van der Waals surface area contributed by atoms with Gasteiger partial charge in [-0.05, 0) is 17.4 Å². The second kappa shape index (κ2) is 3.29. The molecule has 0 spiro atoms. The van der Waals surface area contributed by atoms with E-state index in [-0.39, 0.29) is 11.2 Å². The van der Waals surface area contributed by atoms with E-state index in [0.29, 0.717) is 0 Å². The predicted octanol–water partition coefficient (Wildman–Crippen LogP) is -1.55. The minimum atomic E-state index is -3.22. The van der Waals surface area contributed by atoms with Crippen LogP contribution in [-0.4, -0.2) is 31.5 Å². The van der Waals surface area contributed by atoms with Crippen LogP contribution in [0.1, 0.15) is 12.4 Å². The van der Waals surface area contributed by atoms with E-state index in [2.05, 4.69) is 10.4 Å². The lowest BCUT2D eigenvalue weighted by Crippen LogP contribution is -2.25. The van der Waals surface area contributed by atoms with E-state index >= 15 is 0 Å². The van der Waals surface area contributed by atoms with Gasteiger partial charge >= 0.3 is 5.69 Å². The first-order chi connectivity index (χ1) is 6.71. The zero-order valence-electron chi connectivity index (χ0n) is 9.85. The molecule has 1 rings (SSSR count). The molecule has 0 atom stereocenters. The standard InChI is InChI=1S/C5H10N4O2/c1-2-8-5(11)9(3-4-10)7-6-8/h10H,2-4H2,1H3/i3D2,4D2. The average Bonchev–Trinajstić information content (AvgIpc) is 2.44. The molecule has 1 aromatic rings. The van der Waals surface area contributed by atoms with E-state index < -0.39 is 18.7 Å². The van der Waals surface area contributed by atoms with Crippen molar-refractivity contribution >= 4 is 0 Å². The molecule has 1 aromatic heterocycles. The molecule has 0 saturated carbocycles. The molecule has 0 radical (unpaired) electrons. The van der Waals surface area contributed by atoms with Crippen molar-refractivity contribution in [1.29, 1.82) is 0 Å². The van der Waals surface area contributed by atoms with E-state index in [4.69, 9.17) is 10.6 Å². The molecule has 0 bridgehead atoms. The second-order valence-corrected chi connectivity index (χ2v) is 1.71. The lowest BCUT2D eigenvalue weighted by Gasteiger charge is -1.90. The van der Waals surface area contributed by atoms with Gasteiger partial charge in [0, 0.05) is 6.54 Å². The van der Waals surface area contributed by atoms with Gasteiger partial charge in [-0.25, -0.2) is 4.79 Å². The molecule has 11 heavy (non-hydrogen) atoms. The summed E-state index contributed by atoms with van der Waals surface area (Å²) in [5.41, 5.74) is -0.916. The van der Waals surface area contributed by atoms with Crippen LogP contribution in [0, 0.1) is 0 Å². The Morgan fingerprint density at radius 1 is 1.64 bits per heavy atom. The van der Waals surface area contributed by atoms with Crippen molar-refractivity contribution in [2.45, 2.75) is 20.0 Å². The molecule has 0 aliphatic heterocycles. The number of aryl methyl sites for hydroxylation is 2. The molecule has 0 aromatic carbocycles. The Balaban J connectivity index is 3.28. The van der Waals surface area contributed by atoms with Crippen LogP contribution in [0.25, 0.3) is 0 Å². The fourth-order valence-corrected chi connectivity index (χ4v) is 0.590. The summed E-state index contributed by atoms with van der Waals surface area (Å²) in [6.45, 7) is -4.39. The maximum absolute atomic E-state index is 11.4. The molecule has 1 N–H and O–H groups in total. The lowest BCUT2D eigenvalue weighted by atomic mass is 10.7. The van der Waals surface area contributed by atoms with Gasteiger partial charge in [0.1, 0.15) is 0 Å². The van der Waals surface area contributed by atoms with Gasteiger partial charge in [0.2, 0.25) is 0 Å². The SMILES string of the molecule is [2H]C([2H])(O)C([2H])([2H])n1nnn(CC)c1=O. The summed E-state index contributed by atoms with van der Waals surface area (Å²) in [5, 5.41) is 15.4. The highest BCUT2D eigenvalue weighted by molar-refractivity contribution is 4.56. The molecular weight excluding hydrogens is 148 g/mol. The Labute approximate surface area is 68.7 Å². The van der Waals surface area contributed by atoms with Crippen molar-refractivity contribution in [2.75, 3.05) is 6.56 Å². The molecular formula is C5H10N4O2. The number of hydrogen-bond donors (Lipinski definition) is 1. The first kappa shape index (κ1) is 4.01. The number of tetrazole rings is 1. The summed E-state index contributed by atoms with van der Waals surface area (Å²) < 4.78 is 29.2. The van der Waals surface area contributed by atoms with E-state index in [1.165, 1.54) is 0 Å². The zero-order chi connectivity index (χ0) is 11.9. The zero-order valence-corrected chi connectivity index (χ0v) is 5.85. The number of hydrogen-bond acceptors (Lipinski definition) is 4. The minimum absolute atomic E-state index is 0.177. The van der Waals surface area contributed by atoms with Crippen molar-refractivity contribution in [2.24, 2.45) is 0 Å². The van der Waals surface area contributed by atoms with Crippen molar-refractivity contribution in [1.82, 2.24) is 19.8 Å². The van der Waals surface area contributed by atoms with Gasteiger partial charge in [0.05, 0.1) is 18.5 Å². The Morgan fingerprint density at radius 2 is 2.27 bits per heavy atom. The molecule has 0 aliphatic rings. The first-order valence-corrected chi connectivity index (χ1v) is 2.97. The van der Waals surface area contributed by atoms with Gasteiger partial charge in [-0.3, -0.25) is 0 Å². The molecule has 0 aliphatic carbocycles. The highest BCUT2D eigenvalue weighted by Gasteiger charge is 2.02. The van der Waals surface area contributed by atoms with Crippen molar-refractivity contribution in [3.8, 4) is 0 Å². The van der Waals surface area contributed by atoms with Crippen LogP contribution in [0.15, 0.2) is 4.79 Å². The Hall–Kier alpha value is -1.17. The number of aliphatic hydroxyl groups is 1. The topological polar surface area (TPSA) is 72.9 Å². The van der Waals surface area contributed by atoms with Crippen molar-refractivity contribution < 1.29 is 10.6 Å². The summed E-state index contributed by atoms with van der Waals surface area (Å²) >= 11 is 0. The van der Waals surface area contributed by atoms with Gasteiger partial charge < -0.3 is 5.11 Å². The van der Waals surface area contributed by atoms with Gasteiger partial charge in [-0.1, -0.05) is 0 Å². The van der Waals surface area contributed by atoms with E-state index in [1.807, 2.05) is 0 Å². The van der Waals surface area contributed by atoms with Crippen molar-refractivity contribution in [3.63, 3.8) is 0 Å². The Kier molecular flexibility index (Phi) is 1.20. The van der Waals surface area contributed by atoms with Crippen LogP contribution in [0.5, 0.6) is 0 Å². The first-order valence-electron chi connectivity index (χ1n) is 4.97. The molecule has 62 valence electrons. The third kappa shape index (κ3) is 1.45. The highest BCUT2D eigenvalue weighted by Crippen LogP contribution is 1.73. The van der Waals surface area contributed by atoms with Crippen LogP contribution >= 0.6 is 0 Å². The van der Waals surface area contributed by atoms with Crippen LogP contribution < -0.4 is 5.69 Å². The van der Waals surface area contributed by atoms with Crippen LogP contribution in [0.3, 0.4) is 0 Å². The third-order valence-corrected chi connectivity index (χ3v) is 1.09. The summed E-state index contributed by atoms with van der Waals surface area (Å²) in [6, 6.07) is 0. The maximum atomic E-state index is 11.4. The van der Waals surface area contributed by atoms with Gasteiger partial charge in [0.25, 0.3) is 0 Å².